The minimum Gasteiger partial charge on any atom is -0.426 e. The fraction of sp³-hybridized carbons (Fsp3) is 0.833. The van der Waals surface area contributed by atoms with Crippen LogP contribution < -0.4 is 0 Å². The van der Waals surface area contributed by atoms with Crippen LogP contribution in [0.25, 0.3) is 0 Å². The molecule has 9 atom stereocenters. The summed E-state index contributed by atoms with van der Waals surface area (Å²) in [5.41, 5.74) is -0.174. The Morgan fingerprint density at radius 3 is 2.61 bits per heavy atom. The van der Waals surface area contributed by atoms with Crippen molar-refractivity contribution in [2.45, 2.75) is 78.3 Å². The Bertz CT molecular complexity index is 888. The molecule has 1 spiro atoms. The second-order valence-electron chi connectivity index (χ2n) is 11.0. The highest BCUT2D eigenvalue weighted by molar-refractivity contribution is 7.93. The van der Waals surface area contributed by atoms with E-state index in [4.69, 9.17) is 19.8 Å². The highest BCUT2D eigenvalue weighted by Crippen LogP contribution is 2.66. The summed E-state index contributed by atoms with van der Waals surface area (Å²) in [5, 5.41) is 0. The van der Waals surface area contributed by atoms with Crippen molar-refractivity contribution >= 4 is 24.0 Å². The van der Waals surface area contributed by atoms with E-state index in [-0.39, 0.29) is 47.9 Å². The van der Waals surface area contributed by atoms with E-state index >= 15 is 0 Å². The highest BCUT2D eigenvalue weighted by atomic mass is 32.2. The van der Waals surface area contributed by atoms with Crippen molar-refractivity contribution < 1.29 is 29.4 Å². The summed E-state index contributed by atoms with van der Waals surface area (Å²) in [7, 11) is 0. The van der Waals surface area contributed by atoms with Gasteiger partial charge in [-0.25, -0.2) is 4.79 Å². The zero-order chi connectivity index (χ0) is 23.2. The largest absolute Gasteiger partial charge is 0.509 e. The minimum atomic E-state index is -0.940. The molecular formula is C24H34O6S. The summed E-state index contributed by atoms with van der Waals surface area (Å²) < 4.78 is 31.6. The quantitative estimate of drug-likeness (QED) is 0.345. The molecule has 172 valence electrons. The van der Waals surface area contributed by atoms with Gasteiger partial charge in [-0.3, -0.25) is 4.79 Å². The molecule has 4 fully saturated rings. The van der Waals surface area contributed by atoms with E-state index in [1.165, 1.54) is 0 Å². The van der Waals surface area contributed by atoms with Crippen LogP contribution in [0.4, 0.5) is 4.79 Å². The molecule has 2 heterocycles. The number of Topliss-reactive ketones (excluding diaryl/α,β-unsaturated/α-hetero) is 1. The molecule has 0 N–H and O–H groups in total. The Morgan fingerprint density at radius 1 is 1.23 bits per heavy atom. The van der Waals surface area contributed by atoms with Crippen molar-refractivity contribution in [3.8, 4) is 0 Å². The lowest BCUT2D eigenvalue weighted by Gasteiger charge is -2.63. The molecule has 5 aliphatic rings. The summed E-state index contributed by atoms with van der Waals surface area (Å²) in [6.45, 7) is 13.0. The number of rotatable bonds is 2. The predicted octanol–water partition coefficient (Wildman–Crippen LogP) is 4.57. The maximum absolute atomic E-state index is 14.3. The molecule has 2 saturated heterocycles. The fourth-order valence-electron chi connectivity index (χ4n) is 7.91. The molecule has 6 nitrogen and oxygen atoms in total. The molecule has 7 heteroatoms. The predicted molar refractivity (Wildman–Crippen MR) is 116 cm³/mol. The van der Waals surface area contributed by atoms with E-state index in [2.05, 4.69) is 27.7 Å². The maximum Gasteiger partial charge on any atom is 0.509 e. The molecule has 2 aliphatic heterocycles. The molecular weight excluding hydrogens is 416 g/mol. The lowest BCUT2D eigenvalue weighted by atomic mass is 9.43. The summed E-state index contributed by atoms with van der Waals surface area (Å²) in [4.78, 5) is 27.1. The van der Waals surface area contributed by atoms with Gasteiger partial charge in [0, 0.05) is 42.6 Å². The van der Waals surface area contributed by atoms with Crippen molar-refractivity contribution in [3.05, 3.63) is 11.1 Å². The second-order valence-corrected chi connectivity index (χ2v) is 11.4. The third-order valence-electron chi connectivity index (χ3n) is 9.69. The Labute approximate surface area is 190 Å². The maximum atomic E-state index is 14.3. The third-order valence-corrected chi connectivity index (χ3v) is 10.1. The molecule has 0 aromatic carbocycles. The van der Waals surface area contributed by atoms with Gasteiger partial charge >= 0.3 is 6.16 Å². The fourth-order valence-corrected chi connectivity index (χ4v) is 8.29. The Hall–Kier alpha value is -1.05. The lowest BCUT2D eigenvalue weighted by molar-refractivity contribution is -0.243. The molecule has 0 aromatic rings. The van der Waals surface area contributed by atoms with Gasteiger partial charge in [0.25, 0.3) is 0 Å². The first kappa shape index (κ1) is 20.5. The summed E-state index contributed by atoms with van der Waals surface area (Å²) in [6, 6.07) is 0. The van der Waals surface area contributed by atoms with Crippen molar-refractivity contribution in [2.75, 3.05) is 12.8 Å². The molecule has 3 aliphatic carbocycles. The van der Waals surface area contributed by atoms with E-state index in [1.54, 1.807) is 0 Å². The van der Waals surface area contributed by atoms with Crippen LogP contribution in [0.15, 0.2) is 11.1 Å². The van der Waals surface area contributed by atoms with E-state index in [0.717, 1.165) is 29.6 Å². The first-order valence-electron chi connectivity index (χ1n) is 12.1. The Kier molecular flexibility index (Phi) is 4.46. The van der Waals surface area contributed by atoms with Gasteiger partial charge in [-0.05, 0) is 42.5 Å². The second kappa shape index (κ2) is 6.73. The number of carbonyl (C=O) groups is 2. The van der Waals surface area contributed by atoms with Crippen LogP contribution in [0.5, 0.6) is 0 Å². The zero-order valence-corrected chi connectivity index (χ0v) is 20.0. The summed E-state index contributed by atoms with van der Waals surface area (Å²) >= 11 is 1.08. The molecule has 31 heavy (non-hydrogen) atoms. The molecule has 0 aromatic heterocycles. The first-order valence-corrected chi connectivity index (χ1v) is 12.3. The topological polar surface area (TPSA) is 71.1 Å². The van der Waals surface area contributed by atoms with Crippen LogP contribution in [0.2, 0.25) is 0 Å². The SMILES string of the molecule is [3H]CSO[C@H]1C[C@@]23OC(=O)O[C@H]2[C@@H]2[C@@H]4CO[C@@H]4C[C@H](C)[C@@]2(C)C(=O)[C@H](C)C(=C1C)C3(C)C. The van der Waals surface area contributed by atoms with Gasteiger partial charge in [-0.15, -0.1) is 0 Å². The van der Waals surface area contributed by atoms with Gasteiger partial charge in [0.15, 0.2) is 11.7 Å². The van der Waals surface area contributed by atoms with E-state index in [1.807, 2.05) is 13.8 Å². The van der Waals surface area contributed by atoms with Gasteiger partial charge in [0.2, 0.25) is 0 Å². The minimum absolute atomic E-state index is 0.0724. The van der Waals surface area contributed by atoms with Gasteiger partial charge in [-0.1, -0.05) is 34.6 Å². The summed E-state index contributed by atoms with van der Waals surface area (Å²) in [5.74, 6) is -0.0190. The monoisotopic (exact) mass is 452 g/mol. The number of carbonyl (C=O) groups excluding carboxylic acids is 2. The van der Waals surface area contributed by atoms with E-state index in [0.29, 0.717) is 13.0 Å². The Morgan fingerprint density at radius 2 is 1.97 bits per heavy atom. The first-order chi connectivity index (χ1) is 15.0. The van der Waals surface area contributed by atoms with Crippen LogP contribution in [0.3, 0.4) is 0 Å². The molecule has 2 bridgehead atoms. The van der Waals surface area contributed by atoms with Crippen LogP contribution >= 0.6 is 12.0 Å². The number of hydrogen-bond donors (Lipinski definition) is 0. The van der Waals surface area contributed by atoms with Crippen molar-refractivity contribution in [1.29, 1.82) is 0 Å². The molecule has 0 unspecified atom stereocenters. The third kappa shape index (κ3) is 2.49. The average molecular weight is 453 g/mol. The van der Waals surface area contributed by atoms with Gasteiger partial charge in [-0.2, -0.15) is 0 Å². The van der Waals surface area contributed by atoms with E-state index in [9.17, 15) is 9.59 Å². The number of hydrogen-bond acceptors (Lipinski definition) is 7. The highest BCUT2D eigenvalue weighted by Gasteiger charge is 2.74. The molecule has 5 rings (SSSR count). The van der Waals surface area contributed by atoms with Gasteiger partial charge in [0.1, 0.15) is 5.78 Å². The normalized spacial score (nSPS) is 50.6. The van der Waals surface area contributed by atoms with Crippen LogP contribution in [0, 0.1) is 34.5 Å². The van der Waals surface area contributed by atoms with Crippen LogP contribution in [-0.2, 0) is 23.2 Å². The van der Waals surface area contributed by atoms with Gasteiger partial charge in [0.05, 0.1) is 18.8 Å². The van der Waals surface area contributed by atoms with Crippen LogP contribution in [0.1, 0.15) is 55.8 Å². The van der Waals surface area contributed by atoms with Crippen molar-refractivity contribution in [2.24, 2.45) is 34.5 Å². The van der Waals surface area contributed by atoms with Crippen molar-refractivity contribution in [1.82, 2.24) is 0 Å². The number of ketones is 1. The van der Waals surface area contributed by atoms with E-state index < -0.39 is 28.7 Å². The number of ether oxygens (including phenoxy) is 3. The Balaban J connectivity index is 1.76. The standard InChI is InChI=1S/C24H34O6S/c1-11-8-15-14(10-27-15)18-20-24(29-21(26)28-20)9-16(30-31-7)12(2)17(22(24,4)5)13(3)19(25)23(11,18)6/h11,13-16,18,20H,8-10H2,1-7H3/t11-,13+,14+,15+,16-,18-,20-,23+,24+/m0/s1/i7T. The number of fused-ring (bicyclic) bond motifs is 5. The molecule has 0 amide bonds. The molecule has 0 radical (unpaired) electrons. The summed E-state index contributed by atoms with van der Waals surface area (Å²) in [6.07, 6.45) is -0.0930. The van der Waals surface area contributed by atoms with Gasteiger partial charge < -0.3 is 18.4 Å². The zero-order valence-electron chi connectivity index (χ0n) is 20.2. The van der Waals surface area contributed by atoms with Crippen molar-refractivity contribution in [3.63, 3.8) is 0 Å². The smallest absolute Gasteiger partial charge is 0.426 e. The average Bonchev–Trinajstić information content (AvgIpc) is 3.05. The lowest BCUT2D eigenvalue weighted by Crippen LogP contribution is -2.71. The van der Waals surface area contributed by atoms with Crippen LogP contribution in [-0.4, -0.2) is 48.7 Å². The molecule has 2 saturated carbocycles.